The molecule has 1 fully saturated rings. The molecule has 5 nitrogen and oxygen atoms in total. The van der Waals surface area contributed by atoms with Gasteiger partial charge in [0.2, 0.25) is 10.0 Å². The number of thioether (sulfide) groups is 1. The zero-order valence-electron chi connectivity index (χ0n) is 15.5. The van der Waals surface area contributed by atoms with Crippen LogP contribution in [0.2, 0.25) is 0 Å². The predicted molar refractivity (Wildman–Crippen MR) is 103 cm³/mol. The molecule has 0 radical (unpaired) electrons. The minimum atomic E-state index is -3.67. The van der Waals surface area contributed by atoms with Gasteiger partial charge >= 0.3 is 0 Å². The molecule has 140 valence electrons. The van der Waals surface area contributed by atoms with Gasteiger partial charge in [-0.2, -0.15) is 0 Å². The van der Waals surface area contributed by atoms with Crippen molar-refractivity contribution in [2.75, 3.05) is 19.3 Å². The van der Waals surface area contributed by atoms with Crippen LogP contribution in [0.3, 0.4) is 0 Å². The van der Waals surface area contributed by atoms with E-state index in [1.807, 2.05) is 11.2 Å². The Morgan fingerprint density at radius 3 is 2.24 bits per heavy atom. The Labute approximate surface area is 155 Å². The van der Waals surface area contributed by atoms with Crippen molar-refractivity contribution in [3.63, 3.8) is 0 Å². The number of nitrogens with one attached hydrogen (secondary N) is 1. The molecule has 1 heterocycles. The number of nitrogens with zero attached hydrogens (tertiary/aromatic N) is 1. The van der Waals surface area contributed by atoms with Crippen molar-refractivity contribution in [2.24, 2.45) is 0 Å². The van der Waals surface area contributed by atoms with Gasteiger partial charge in [-0.15, -0.1) is 11.8 Å². The molecular formula is C18H28N2O3S2. The standard InChI is InChI=1S/C18H28N2O3S2/c1-18(2,3)19-25(22,23)14-9-10-16(24-4)15(13-14)17(21)20-11-7-5-6-8-12-20/h9-10,13,19H,5-8,11-12H2,1-4H3. The second-order valence-corrected chi connectivity index (χ2v) is 9.95. The highest BCUT2D eigenvalue weighted by molar-refractivity contribution is 7.98. The van der Waals surface area contributed by atoms with Crippen LogP contribution in [0, 0.1) is 0 Å². The summed E-state index contributed by atoms with van der Waals surface area (Å²) in [6.45, 7) is 6.87. The molecule has 7 heteroatoms. The molecule has 1 aromatic carbocycles. The van der Waals surface area contributed by atoms with Gasteiger partial charge in [-0.25, -0.2) is 13.1 Å². The monoisotopic (exact) mass is 384 g/mol. The second kappa shape index (κ2) is 8.10. The van der Waals surface area contributed by atoms with Gasteiger partial charge in [0.25, 0.3) is 5.91 Å². The number of rotatable bonds is 4. The highest BCUT2D eigenvalue weighted by Gasteiger charge is 2.26. The van der Waals surface area contributed by atoms with E-state index in [2.05, 4.69) is 4.72 Å². The lowest BCUT2D eigenvalue weighted by molar-refractivity contribution is 0.0758. The summed E-state index contributed by atoms with van der Waals surface area (Å²) in [5.41, 5.74) is -0.0995. The molecule has 1 saturated heterocycles. The van der Waals surface area contributed by atoms with Crippen molar-refractivity contribution in [1.82, 2.24) is 9.62 Å². The molecule has 1 N–H and O–H groups in total. The zero-order valence-corrected chi connectivity index (χ0v) is 17.1. The first kappa shape index (κ1) is 20.3. The van der Waals surface area contributed by atoms with E-state index in [4.69, 9.17) is 0 Å². The third kappa shape index (κ3) is 5.46. The summed E-state index contributed by atoms with van der Waals surface area (Å²) < 4.78 is 27.9. The van der Waals surface area contributed by atoms with Crippen LogP contribution in [0.25, 0.3) is 0 Å². The predicted octanol–water partition coefficient (Wildman–Crippen LogP) is 3.50. The van der Waals surface area contributed by atoms with Crippen LogP contribution >= 0.6 is 11.8 Å². The first-order chi connectivity index (χ1) is 11.6. The third-order valence-corrected chi connectivity index (χ3v) is 6.60. The highest BCUT2D eigenvalue weighted by atomic mass is 32.2. The third-order valence-electron chi connectivity index (χ3n) is 4.05. The van der Waals surface area contributed by atoms with Gasteiger partial charge < -0.3 is 4.90 Å². The van der Waals surface area contributed by atoms with Crippen LogP contribution < -0.4 is 4.72 Å². The number of carbonyl (C=O) groups excluding carboxylic acids is 1. The fourth-order valence-electron chi connectivity index (χ4n) is 2.93. The lowest BCUT2D eigenvalue weighted by Gasteiger charge is -2.23. The van der Waals surface area contributed by atoms with Gasteiger partial charge in [-0.3, -0.25) is 4.79 Å². The average Bonchev–Trinajstić information content (AvgIpc) is 2.80. The summed E-state index contributed by atoms with van der Waals surface area (Å²) in [4.78, 5) is 15.8. The smallest absolute Gasteiger partial charge is 0.255 e. The van der Waals surface area contributed by atoms with E-state index < -0.39 is 15.6 Å². The molecule has 0 aromatic heterocycles. The van der Waals surface area contributed by atoms with E-state index >= 15 is 0 Å². The lowest BCUT2D eigenvalue weighted by atomic mass is 10.1. The first-order valence-electron chi connectivity index (χ1n) is 8.65. The van der Waals surface area contributed by atoms with Crippen LogP contribution in [0.1, 0.15) is 56.8 Å². The van der Waals surface area contributed by atoms with Crippen molar-refractivity contribution in [1.29, 1.82) is 0 Å². The van der Waals surface area contributed by atoms with Crippen molar-refractivity contribution in [2.45, 2.75) is 61.8 Å². The SMILES string of the molecule is CSc1ccc(S(=O)(=O)NC(C)(C)C)cc1C(=O)N1CCCCCC1. The maximum atomic E-state index is 13.0. The molecule has 0 aliphatic carbocycles. The molecule has 0 bridgehead atoms. The van der Waals surface area contributed by atoms with E-state index in [1.165, 1.54) is 17.8 Å². The van der Waals surface area contributed by atoms with Crippen LogP contribution in [-0.2, 0) is 10.0 Å². The molecule has 1 aliphatic rings. The minimum absolute atomic E-state index is 0.0703. The van der Waals surface area contributed by atoms with E-state index in [0.29, 0.717) is 5.56 Å². The van der Waals surface area contributed by atoms with Crippen molar-refractivity contribution in [3.8, 4) is 0 Å². The normalized spacial score (nSPS) is 16.6. The Morgan fingerprint density at radius 1 is 1.12 bits per heavy atom. The Balaban J connectivity index is 2.38. The maximum absolute atomic E-state index is 13.0. The number of hydrogen-bond donors (Lipinski definition) is 1. The molecule has 0 unspecified atom stereocenters. The Hall–Kier alpha value is -1.05. The summed E-state index contributed by atoms with van der Waals surface area (Å²) in [5.74, 6) is -0.0703. The average molecular weight is 385 g/mol. The fraction of sp³-hybridized carbons (Fsp3) is 0.611. The molecule has 1 aromatic rings. The number of benzene rings is 1. The number of hydrogen-bond acceptors (Lipinski definition) is 4. The second-order valence-electron chi connectivity index (χ2n) is 7.42. The van der Waals surface area contributed by atoms with E-state index in [-0.39, 0.29) is 10.8 Å². The molecular weight excluding hydrogens is 356 g/mol. The number of amides is 1. The Morgan fingerprint density at radius 2 is 1.72 bits per heavy atom. The van der Waals surface area contributed by atoms with Gasteiger partial charge in [0.1, 0.15) is 0 Å². The Bertz CT molecular complexity index is 716. The highest BCUT2D eigenvalue weighted by Crippen LogP contribution is 2.26. The zero-order chi connectivity index (χ0) is 18.7. The largest absolute Gasteiger partial charge is 0.339 e. The van der Waals surface area contributed by atoms with Gasteiger partial charge in [-0.05, 0) is 58.1 Å². The molecule has 1 amide bonds. The Kier molecular flexibility index (Phi) is 6.56. The maximum Gasteiger partial charge on any atom is 0.255 e. The molecule has 1 aliphatic heterocycles. The van der Waals surface area contributed by atoms with Crippen molar-refractivity contribution >= 4 is 27.7 Å². The fourth-order valence-corrected chi connectivity index (χ4v) is 4.94. The number of carbonyl (C=O) groups is 1. The quantitative estimate of drug-likeness (QED) is 0.807. The van der Waals surface area contributed by atoms with E-state index in [1.54, 1.807) is 32.9 Å². The van der Waals surface area contributed by atoms with Gasteiger partial charge in [0.15, 0.2) is 0 Å². The lowest BCUT2D eigenvalue weighted by Crippen LogP contribution is -2.40. The number of likely N-dealkylation sites (tertiary alicyclic amines) is 1. The molecule has 0 atom stereocenters. The van der Waals surface area contributed by atoms with Gasteiger partial charge in [0.05, 0.1) is 10.5 Å². The van der Waals surface area contributed by atoms with Crippen molar-refractivity contribution < 1.29 is 13.2 Å². The summed E-state index contributed by atoms with van der Waals surface area (Å²) in [5, 5.41) is 0. The molecule has 0 spiro atoms. The summed E-state index contributed by atoms with van der Waals surface area (Å²) >= 11 is 1.46. The summed E-state index contributed by atoms with van der Waals surface area (Å²) in [6.07, 6.45) is 6.19. The van der Waals surface area contributed by atoms with Gasteiger partial charge in [0, 0.05) is 23.5 Å². The van der Waals surface area contributed by atoms with Crippen LogP contribution in [0.4, 0.5) is 0 Å². The van der Waals surface area contributed by atoms with Crippen molar-refractivity contribution in [3.05, 3.63) is 23.8 Å². The summed E-state index contributed by atoms with van der Waals surface area (Å²) in [7, 11) is -3.67. The molecule has 2 rings (SSSR count). The van der Waals surface area contributed by atoms with E-state index in [9.17, 15) is 13.2 Å². The molecule has 25 heavy (non-hydrogen) atoms. The van der Waals surface area contributed by atoms with Gasteiger partial charge in [-0.1, -0.05) is 12.8 Å². The molecule has 0 saturated carbocycles. The van der Waals surface area contributed by atoms with Crippen LogP contribution in [0.5, 0.6) is 0 Å². The van der Waals surface area contributed by atoms with E-state index in [0.717, 1.165) is 43.7 Å². The first-order valence-corrected chi connectivity index (χ1v) is 11.4. The van der Waals surface area contributed by atoms with Crippen LogP contribution in [-0.4, -0.2) is 44.1 Å². The summed E-state index contributed by atoms with van der Waals surface area (Å²) in [6, 6.07) is 4.82. The number of sulfonamides is 1. The van der Waals surface area contributed by atoms with Crippen LogP contribution in [0.15, 0.2) is 28.0 Å². The topological polar surface area (TPSA) is 66.5 Å². The minimum Gasteiger partial charge on any atom is -0.339 e.